The van der Waals surface area contributed by atoms with Crippen LogP contribution in [-0.4, -0.2) is 48.8 Å². The number of carbonyl (C=O) groups excluding carboxylic acids is 4. The van der Waals surface area contributed by atoms with Crippen molar-refractivity contribution in [3.8, 4) is 5.75 Å². The molecule has 4 aromatic rings. The number of rotatable bonds is 22. The lowest BCUT2D eigenvalue weighted by Crippen LogP contribution is -2.55. The van der Waals surface area contributed by atoms with Gasteiger partial charge in [-0.15, -0.1) is 0 Å². The molecule has 0 radical (unpaired) electrons. The first-order valence-electron chi connectivity index (χ1n) is 19.0. The first-order chi connectivity index (χ1) is 27.5. The smallest absolute Gasteiger partial charge is 0.416 e. The zero-order valence-electron chi connectivity index (χ0n) is 31.7. The van der Waals surface area contributed by atoms with Crippen molar-refractivity contribution in [1.29, 1.82) is 0 Å². The highest BCUT2D eigenvalue weighted by Crippen LogP contribution is 2.29. The largest absolute Gasteiger partial charge is 0.489 e. The van der Waals surface area contributed by atoms with Gasteiger partial charge >= 0.3 is 6.18 Å². The fourth-order valence-electron chi connectivity index (χ4n) is 5.97. The van der Waals surface area contributed by atoms with Crippen molar-refractivity contribution < 1.29 is 37.1 Å². The van der Waals surface area contributed by atoms with Crippen molar-refractivity contribution in [2.45, 2.75) is 82.4 Å². The molecule has 0 unspecified atom stereocenters. The van der Waals surface area contributed by atoms with E-state index in [-0.39, 0.29) is 31.9 Å². The molecule has 3 atom stereocenters. The molecule has 0 aliphatic heterocycles. The van der Waals surface area contributed by atoms with Gasteiger partial charge in [0.05, 0.1) is 12.0 Å². The summed E-state index contributed by atoms with van der Waals surface area (Å²) in [6, 6.07) is 26.2. The number of halogens is 3. The maximum absolute atomic E-state index is 14.1. The van der Waals surface area contributed by atoms with E-state index >= 15 is 0 Å². The van der Waals surface area contributed by atoms with Crippen LogP contribution >= 0.6 is 0 Å². The Balaban J connectivity index is 1.51. The van der Waals surface area contributed by atoms with E-state index in [0.717, 1.165) is 23.3 Å². The van der Waals surface area contributed by atoms with Gasteiger partial charge < -0.3 is 37.5 Å². The molecule has 0 aliphatic rings. The molecule has 11 nitrogen and oxygen atoms in total. The summed E-state index contributed by atoms with van der Waals surface area (Å²) in [6.07, 6.45) is -1.56. The van der Waals surface area contributed by atoms with E-state index in [0.29, 0.717) is 62.1 Å². The lowest BCUT2D eigenvalue weighted by Gasteiger charge is -2.26. The molecule has 4 amide bonds. The summed E-state index contributed by atoms with van der Waals surface area (Å²) in [4.78, 5) is 54.6. The molecule has 4 rings (SSSR count). The first kappa shape index (κ1) is 44.0. The molecule has 0 aromatic heterocycles. The molecule has 0 heterocycles. The Labute approximate surface area is 331 Å². The summed E-state index contributed by atoms with van der Waals surface area (Å²) in [6.45, 7) is 0.969. The van der Waals surface area contributed by atoms with Gasteiger partial charge in [-0.05, 0) is 98.1 Å². The average Bonchev–Trinajstić information content (AvgIpc) is 3.21. The Morgan fingerprint density at radius 3 is 1.70 bits per heavy atom. The minimum Gasteiger partial charge on any atom is -0.489 e. The second-order valence-electron chi connectivity index (χ2n) is 13.6. The highest BCUT2D eigenvalue weighted by Gasteiger charge is 2.31. The molecular weight excluding hydrogens is 738 g/mol. The molecule has 0 bridgehead atoms. The van der Waals surface area contributed by atoms with Crippen LogP contribution < -0.4 is 37.5 Å². The Morgan fingerprint density at radius 1 is 0.596 bits per heavy atom. The number of hydrogen-bond donors (Lipinski definition) is 6. The van der Waals surface area contributed by atoms with E-state index in [4.69, 9.17) is 16.2 Å². The number of nitrogens with two attached hydrogens (primary N) is 2. The van der Waals surface area contributed by atoms with E-state index in [1.807, 2.05) is 60.7 Å². The maximum Gasteiger partial charge on any atom is 0.416 e. The van der Waals surface area contributed by atoms with Crippen molar-refractivity contribution in [1.82, 2.24) is 21.3 Å². The number of unbranched alkanes of at least 4 members (excludes halogenated alkanes) is 2. The predicted octanol–water partition coefficient (Wildman–Crippen LogP) is 5.23. The number of hydrogen-bond acceptors (Lipinski definition) is 7. The summed E-state index contributed by atoms with van der Waals surface area (Å²) < 4.78 is 44.7. The predicted molar refractivity (Wildman–Crippen MR) is 211 cm³/mol. The summed E-state index contributed by atoms with van der Waals surface area (Å²) in [7, 11) is 0. The van der Waals surface area contributed by atoms with Crippen LogP contribution in [0.4, 0.5) is 13.2 Å². The van der Waals surface area contributed by atoms with Gasteiger partial charge in [0.1, 0.15) is 30.5 Å². The van der Waals surface area contributed by atoms with Gasteiger partial charge in [0.2, 0.25) is 23.6 Å². The quantitative estimate of drug-likeness (QED) is 0.0591. The Bertz CT molecular complexity index is 1850. The van der Waals surface area contributed by atoms with Crippen LogP contribution in [0.25, 0.3) is 0 Å². The molecule has 0 spiro atoms. The van der Waals surface area contributed by atoms with Crippen molar-refractivity contribution in [3.63, 3.8) is 0 Å². The highest BCUT2D eigenvalue weighted by molar-refractivity contribution is 5.94. The number of nitrogens with one attached hydrogen (secondary N) is 4. The molecule has 0 fully saturated rings. The average molecular weight is 789 g/mol. The van der Waals surface area contributed by atoms with Crippen LogP contribution in [0.1, 0.15) is 72.4 Å². The molecule has 0 saturated carbocycles. The van der Waals surface area contributed by atoms with Gasteiger partial charge in [-0.25, -0.2) is 0 Å². The fraction of sp³-hybridized carbons (Fsp3) is 0.349. The normalized spacial score (nSPS) is 12.8. The molecule has 57 heavy (non-hydrogen) atoms. The van der Waals surface area contributed by atoms with Gasteiger partial charge in [0, 0.05) is 6.54 Å². The highest BCUT2D eigenvalue weighted by atomic mass is 19.4. The Kier molecular flexibility index (Phi) is 17.5. The minimum atomic E-state index is -4.45. The van der Waals surface area contributed by atoms with Crippen LogP contribution in [0, 0.1) is 0 Å². The van der Waals surface area contributed by atoms with E-state index in [2.05, 4.69) is 21.3 Å². The zero-order chi connectivity index (χ0) is 41.0. The number of amides is 4. The second-order valence-corrected chi connectivity index (χ2v) is 13.6. The van der Waals surface area contributed by atoms with Gasteiger partial charge in [0.15, 0.2) is 0 Å². The lowest BCUT2D eigenvalue weighted by atomic mass is 10.0. The van der Waals surface area contributed by atoms with Crippen molar-refractivity contribution in [2.75, 3.05) is 13.1 Å². The topological polar surface area (TPSA) is 178 Å². The van der Waals surface area contributed by atoms with Crippen molar-refractivity contribution in [3.05, 3.63) is 137 Å². The summed E-state index contributed by atoms with van der Waals surface area (Å²) in [5.41, 5.74) is 13.2. The third-order valence-corrected chi connectivity index (χ3v) is 9.14. The van der Waals surface area contributed by atoms with Crippen LogP contribution in [0.3, 0.4) is 0 Å². The molecule has 304 valence electrons. The van der Waals surface area contributed by atoms with E-state index in [1.54, 1.807) is 24.3 Å². The Hall–Kier alpha value is -5.73. The fourth-order valence-corrected chi connectivity index (χ4v) is 5.97. The van der Waals surface area contributed by atoms with Gasteiger partial charge in [0.25, 0.3) is 0 Å². The number of alkyl halides is 3. The Morgan fingerprint density at radius 2 is 1.14 bits per heavy atom. The van der Waals surface area contributed by atoms with E-state index < -0.39 is 47.6 Å². The molecule has 0 saturated heterocycles. The van der Waals surface area contributed by atoms with Crippen LogP contribution in [0.15, 0.2) is 109 Å². The summed E-state index contributed by atoms with van der Waals surface area (Å²) >= 11 is 0. The number of ether oxygens (including phenoxy) is 1. The first-order valence-corrected chi connectivity index (χ1v) is 19.0. The van der Waals surface area contributed by atoms with Crippen LogP contribution in [-0.2, 0) is 44.9 Å². The zero-order valence-corrected chi connectivity index (χ0v) is 31.7. The van der Waals surface area contributed by atoms with Crippen LogP contribution in [0.5, 0.6) is 5.75 Å². The number of benzene rings is 4. The molecular formula is C43H51F3N6O5. The third kappa shape index (κ3) is 15.0. The monoisotopic (exact) mass is 788 g/mol. The van der Waals surface area contributed by atoms with Gasteiger partial charge in [-0.3, -0.25) is 19.2 Å². The molecule has 8 N–H and O–H groups in total. The van der Waals surface area contributed by atoms with Crippen LogP contribution in [0.2, 0.25) is 0 Å². The molecule has 14 heteroatoms. The summed E-state index contributed by atoms with van der Waals surface area (Å²) in [5, 5.41) is 11.4. The SMILES string of the molecule is NCCCC[C@H](NC(=O)Cc1ccccc1)C(=O)N[C@@H](CCCCN)C(=O)N[C@H](C(=O)NCc1ccccc1)c1ccc(OCc2ccc(C(F)(F)F)cc2)cc1. The van der Waals surface area contributed by atoms with Crippen molar-refractivity contribution in [2.24, 2.45) is 11.5 Å². The maximum atomic E-state index is 14.1. The number of carbonyl (C=O) groups is 4. The molecule has 0 aliphatic carbocycles. The van der Waals surface area contributed by atoms with Gasteiger partial charge in [-0.2, -0.15) is 13.2 Å². The van der Waals surface area contributed by atoms with Gasteiger partial charge in [-0.1, -0.05) is 84.9 Å². The third-order valence-electron chi connectivity index (χ3n) is 9.14. The molecule has 4 aromatic carbocycles. The van der Waals surface area contributed by atoms with E-state index in [9.17, 15) is 32.3 Å². The lowest BCUT2D eigenvalue weighted by molar-refractivity contribution is -0.137. The summed E-state index contributed by atoms with van der Waals surface area (Å²) in [5.74, 6) is -1.62. The van der Waals surface area contributed by atoms with E-state index in [1.165, 1.54) is 12.1 Å². The second kappa shape index (κ2) is 22.7. The minimum absolute atomic E-state index is 0.000681. The van der Waals surface area contributed by atoms with Crippen molar-refractivity contribution >= 4 is 23.6 Å². The standard InChI is InChI=1S/C43H51F3N6O5/c44-43(45,46)34-21-17-32(18-22-34)29-57-35-23-19-33(20-24-35)39(42(56)49-28-31-13-5-2-6-14-31)52-41(55)37(16-8-10-26-48)51-40(54)36(15-7-9-25-47)50-38(53)27-30-11-3-1-4-12-30/h1-6,11-14,17-24,36-37,39H,7-10,15-16,25-29,47-48H2,(H,49,56)(H,50,53)(H,51,54)(H,52,55)/t36-,37-,39-/m0/s1.